The molecule has 1 fully saturated rings. The van der Waals surface area contributed by atoms with Crippen molar-refractivity contribution >= 4 is 10.0 Å². The first kappa shape index (κ1) is 14.7. The number of hydrogen-bond donors (Lipinski definition) is 0. The highest BCUT2D eigenvalue weighted by Gasteiger charge is 2.46. The van der Waals surface area contributed by atoms with Crippen LogP contribution in [-0.2, 0) is 22.2 Å². The van der Waals surface area contributed by atoms with Crippen molar-refractivity contribution in [3.05, 3.63) is 59.4 Å². The second-order valence-electron chi connectivity index (χ2n) is 6.09. The summed E-state index contributed by atoms with van der Waals surface area (Å²) in [6.45, 7) is 0. The number of aromatic nitrogens is 2. The lowest BCUT2D eigenvalue weighted by Gasteiger charge is -2.34. The first-order valence-electron chi connectivity index (χ1n) is 7.59. The molecule has 7 heteroatoms. The lowest BCUT2D eigenvalue weighted by molar-refractivity contribution is 0.300. The number of rotatable bonds is 3. The number of benzene rings is 1. The minimum atomic E-state index is -3.52. The third-order valence-corrected chi connectivity index (χ3v) is 6.51. The van der Waals surface area contributed by atoms with Crippen LogP contribution in [0.4, 0.5) is 4.39 Å². The van der Waals surface area contributed by atoms with E-state index in [0.29, 0.717) is 12.0 Å². The molecule has 5 nitrogen and oxygen atoms in total. The van der Waals surface area contributed by atoms with Crippen molar-refractivity contribution in [2.75, 3.05) is 0 Å². The minimum Gasteiger partial charge on any atom is -0.244 e. The van der Waals surface area contributed by atoms with Crippen LogP contribution in [0.15, 0.2) is 36.8 Å². The van der Waals surface area contributed by atoms with Crippen LogP contribution < -0.4 is 0 Å². The van der Waals surface area contributed by atoms with Gasteiger partial charge in [-0.15, -0.1) is 0 Å². The quantitative estimate of drug-likeness (QED) is 0.864. The Morgan fingerprint density at radius 3 is 3.00 bits per heavy atom. The maximum atomic E-state index is 13.3. The zero-order chi connectivity index (χ0) is 16.0. The SMILES string of the molecule is O=S(=O)(Cc1cccc(F)c1)N1C2CCC1c1cncnc1C2. The second kappa shape index (κ2) is 5.35. The lowest BCUT2D eigenvalue weighted by Crippen LogP contribution is -2.42. The second-order valence-corrected chi connectivity index (χ2v) is 7.97. The number of nitrogens with zero attached hydrogens (tertiary/aromatic N) is 3. The Bertz CT molecular complexity index is 856. The van der Waals surface area contributed by atoms with Gasteiger partial charge >= 0.3 is 0 Å². The van der Waals surface area contributed by atoms with E-state index in [1.54, 1.807) is 16.6 Å². The average Bonchev–Trinajstić information content (AvgIpc) is 2.84. The molecule has 2 aliphatic rings. The van der Waals surface area contributed by atoms with Gasteiger partial charge in [0.25, 0.3) is 0 Å². The molecule has 3 heterocycles. The van der Waals surface area contributed by atoms with Gasteiger partial charge in [-0.25, -0.2) is 22.8 Å². The van der Waals surface area contributed by atoms with E-state index in [-0.39, 0.29) is 17.8 Å². The summed E-state index contributed by atoms with van der Waals surface area (Å²) in [6.07, 6.45) is 5.46. The van der Waals surface area contributed by atoms with Crippen LogP contribution in [0.3, 0.4) is 0 Å². The summed E-state index contributed by atoms with van der Waals surface area (Å²) in [4.78, 5) is 8.33. The molecule has 2 bridgehead atoms. The van der Waals surface area contributed by atoms with Crippen molar-refractivity contribution in [1.82, 2.24) is 14.3 Å². The summed E-state index contributed by atoms with van der Waals surface area (Å²) in [6, 6.07) is 5.52. The number of sulfonamides is 1. The molecule has 0 N–H and O–H groups in total. The number of hydrogen-bond acceptors (Lipinski definition) is 4. The fourth-order valence-electron chi connectivity index (χ4n) is 3.71. The van der Waals surface area contributed by atoms with Crippen molar-refractivity contribution in [2.24, 2.45) is 0 Å². The van der Waals surface area contributed by atoms with Crippen LogP contribution in [0.25, 0.3) is 0 Å². The predicted octanol–water partition coefficient (Wildman–Crippen LogP) is 2.21. The standard InChI is InChI=1S/C16H16FN3O2S/c17-12-3-1-2-11(6-12)9-23(21,22)20-13-4-5-16(20)14-8-18-10-19-15(14)7-13/h1-3,6,8,10,13,16H,4-5,7,9H2. The predicted molar refractivity (Wildman–Crippen MR) is 82.4 cm³/mol. The third-order valence-electron chi connectivity index (χ3n) is 4.61. The Morgan fingerprint density at radius 1 is 1.30 bits per heavy atom. The lowest BCUT2D eigenvalue weighted by atomic mass is 10.0. The van der Waals surface area contributed by atoms with Gasteiger partial charge in [0.15, 0.2) is 0 Å². The molecule has 0 aliphatic carbocycles. The highest BCUT2D eigenvalue weighted by Crippen LogP contribution is 2.44. The molecule has 23 heavy (non-hydrogen) atoms. The Hall–Kier alpha value is -1.86. The normalized spacial score (nSPS) is 23.7. The highest BCUT2D eigenvalue weighted by atomic mass is 32.2. The molecule has 120 valence electrons. The van der Waals surface area contributed by atoms with Crippen molar-refractivity contribution in [3.8, 4) is 0 Å². The fraction of sp³-hybridized carbons (Fsp3) is 0.375. The van der Waals surface area contributed by atoms with Gasteiger partial charge in [-0.2, -0.15) is 4.31 Å². The van der Waals surface area contributed by atoms with Gasteiger partial charge in [0.05, 0.1) is 17.5 Å². The zero-order valence-electron chi connectivity index (χ0n) is 12.4. The summed E-state index contributed by atoms with van der Waals surface area (Å²) in [7, 11) is -3.52. The average molecular weight is 333 g/mol. The Kier molecular flexibility index (Phi) is 3.42. The third kappa shape index (κ3) is 2.53. The molecule has 2 atom stereocenters. The summed E-state index contributed by atoms with van der Waals surface area (Å²) in [5, 5.41) is 0. The van der Waals surface area contributed by atoms with Crippen molar-refractivity contribution in [1.29, 1.82) is 0 Å². The van der Waals surface area contributed by atoms with Gasteiger partial charge in [-0.3, -0.25) is 0 Å². The molecule has 2 aliphatic heterocycles. The zero-order valence-corrected chi connectivity index (χ0v) is 13.2. The monoisotopic (exact) mass is 333 g/mol. The maximum Gasteiger partial charge on any atom is 0.219 e. The molecule has 1 saturated heterocycles. The molecule has 0 radical (unpaired) electrons. The van der Waals surface area contributed by atoms with Crippen LogP contribution in [0.5, 0.6) is 0 Å². The fourth-order valence-corrected chi connectivity index (χ4v) is 5.71. The molecular weight excluding hydrogens is 317 g/mol. The van der Waals surface area contributed by atoms with Crippen LogP contribution in [0.2, 0.25) is 0 Å². The van der Waals surface area contributed by atoms with Gasteiger partial charge in [0.2, 0.25) is 10.0 Å². The summed E-state index contributed by atoms with van der Waals surface area (Å²) < 4.78 is 40.7. The largest absolute Gasteiger partial charge is 0.244 e. The molecule has 2 aromatic rings. The first-order chi connectivity index (χ1) is 11.0. The number of fused-ring (bicyclic) bond motifs is 4. The Balaban J connectivity index is 1.68. The van der Waals surface area contributed by atoms with Gasteiger partial charge in [0.1, 0.15) is 12.1 Å². The smallest absolute Gasteiger partial charge is 0.219 e. The molecule has 0 saturated carbocycles. The summed E-state index contributed by atoms with van der Waals surface area (Å²) in [5.41, 5.74) is 2.33. The van der Waals surface area contributed by atoms with E-state index in [0.717, 1.165) is 24.1 Å². The maximum absolute atomic E-state index is 13.3. The van der Waals surface area contributed by atoms with Gasteiger partial charge in [0, 0.05) is 24.2 Å². The Morgan fingerprint density at radius 2 is 2.17 bits per heavy atom. The van der Waals surface area contributed by atoms with Crippen LogP contribution >= 0.6 is 0 Å². The molecule has 1 aromatic carbocycles. The highest BCUT2D eigenvalue weighted by molar-refractivity contribution is 7.88. The number of halogens is 1. The summed E-state index contributed by atoms with van der Waals surface area (Å²) >= 11 is 0. The van der Waals surface area contributed by atoms with Crippen LogP contribution in [0, 0.1) is 5.82 Å². The van der Waals surface area contributed by atoms with Crippen LogP contribution in [0.1, 0.15) is 35.7 Å². The molecule has 2 unspecified atom stereocenters. The summed E-state index contributed by atoms with van der Waals surface area (Å²) in [5.74, 6) is -0.598. The van der Waals surface area contributed by atoms with E-state index in [2.05, 4.69) is 9.97 Å². The van der Waals surface area contributed by atoms with E-state index < -0.39 is 15.8 Å². The van der Waals surface area contributed by atoms with E-state index in [9.17, 15) is 12.8 Å². The molecule has 4 rings (SSSR count). The first-order valence-corrected chi connectivity index (χ1v) is 9.20. The minimum absolute atomic E-state index is 0.0547. The van der Waals surface area contributed by atoms with E-state index in [1.807, 2.05) is 0 Å². The Labute approximate surface area is 134 Å². The van der Waals surface area contributed by atoms with Gasteiger partial charge < -0.3 is 0 Å². The van der Waals surface area contributed by atoms with E-state index >= 15 is 0 Å². The van der Waals surface area contributed by atoms with Gasteiger partial charge in [-0.05, 0) is 30.5 Å². The van der Waals surface area contributed by atoms with Crippen molar-refractivity contribution in [3.63, 3.8) is 0 Å². The van der Waals surface area contributed by atoms with Crippen molar-refractivity contribution in [2.45, 2.75) is 37.1 Å². The molecule has 0 amide bonds. The van der Waals surface area contributed by atoms with Gasteiger partial charge in [-0.1, -0.05) is 12.1 Å². The topological polar surface area (TPSA) is 63.2 Å². The molecular formula is C16H16FN3O2S. The van der Waals surface area contributed by atoms with Crippen LogP contribution in [-0.4, -0.2) is 28.7 Å². The molecule has 1 aromatic heterocycles. The molecule has 0 spiro atoms. The van der Waals surface area contributed by atoms with E-state index in [1.165, 1.54) is 24.5 Å². The van der Waals surface area contributed by atoms with E-state index in [4.69, 9.17) is 0 Å². The van der Waals surface area contributed by atoms with Crippen molar-refractivity contribution < 1.29 is 12.8 Å².